The second-order valence-corrected chi connectivity index (χ2v) is 12.2. The summed E-state index contributed by atoms with van der Waals surface area (Å²) in [5.74, 6) is 1.93. The second-order valence-electron chi connectivity index (χ2n) is 9.42. The van der Waals surface area contributed by atoms with E-state index >= 15 is 0 Å². The summed E-state index contributed by atoms with van der Waals surface area (Å²) in [7, 11) is -1.40. The molecule has 5 nitrogen and oxygen atoms in total. The SMILES string of the molecule is CCCCC(CC)COc1c2c(c(OCC(CC)CCCC)c3c1cc(C)n3[O-])C=C(Br)S2=O. The lowest BCUT2D eigenvalue weighted by atomic mass is 10.0. The second kappa shape index (κ2) is 12.5. The number of nitrogens with zero attached hydrogens (tertiary/aromatic N) is 1. The summed E-state index contributed by atoms with van der Waals surface area (Å²) in [6.45, 7) is 11.6. The zero-order chi connectivity index (χ0) is 24.8. The van der Waals surface area contributed by atoms with E-state index in [4.69, 9.17) is 9.47 Å². The lowest BCUT2D eigenvalue weighted by Gasteiger charge is -2.23. The highest BCUT2D eigenvalue weighted by molar-refractivity contribution is 9.13. The average Bonchev–Trinajstić information content (AvgIpc) is 3.30. The number of rotatable bonds is 14. The van der Waals surface area contributed by atoms with Crippen LogP contribution in [0.5, 0.6) is 11.5 Å². The predicted molar refractivity (Wildman–Crippen MR) is 146 cm³/mol. The van der Waals surface area contributed by atoms with Crippen LogP contribution in [0, 0.1) is 24.0 Å². The van der Waals surface area contributed by atoms with Gasteiger partial charge < -0.3 is 19.4 Å². The molecule has 3 rings (SSSR count). The Kier molecular flexibility index (Phi) is 9.95. The third-order valence-corrected chi connectivity index (χ3v) is 9.28. The minimum atomic E-state index is -1.40. The van der Waals surface area contributed by atoms with Crippen molar-refractivity contribution in [3.05, 3.63) is 26.3 Å². The van der Waals surface area contributed by atoms with Crippen LogP contribution in [0.15, 0.2) is 14.8 Å². The molecule has 0 spiro atoms. The van der Waals surface area contributed by atoms with Gasteiger partial charge in [-0.05, 0) is 59.7 Å². The molecule has 2 aromatic rings. The van der Waals surface area contributed by atoms with Crippen molar-refractivity contribution in [2.24, 2.45) is 11.8 Å². The molecule has 0 bridgehead atoms. The molecule has 0 saturated carbocycles. The first-order chi connectivity index (χ1) is 16.4. The van der Waals surface area contributed by atoms with E-state index in [-0.39, 0.29) is 0 Å². The third-order valence-electron chi connectivity index (χ3n) is 6.92. The number of aromatic nitrogens is 1. The number of hydrogen-bond acceptors (Lipinski definition) is 4. The van der Waals surface area contributed by atoms with Gasteiger partial charge in [0.25, 0.3) is 0 Å². The number of hydrogen-bond donors (Lipinski definition) is 0. The molecule has 1 aromatic carbocycles. The lowest BCUT2D eigenvalue weighted by molar-refractivity contribution is 0.227. The van der Waals surface area contributed by atoms with Crippen molar-refractivity contribution in [3.8, 4) is 11.5 Å². The molecule has 1 aliphatic heterocycles. The Morgan fingerprint density at radius 3 is 2.09 bits per heavy atom. The zero-order valence-electron chi connectivity index (χ0n) is 21.2. The fraction of sp³-hybridized carbons (Fsp3) is 0.630. The van der Waals surface area contributed by atoms with E-state index in [9.17, 15) is 9.42 Å². The summed E-state index contributed by atoms with van der Waals surface area (Å²) >= 11 is 3.47. The molecule has 1 aromatic heterocycles. The third kappa shape index (κ3) is 5.67. The van der Waals surface area contributed by atoms with Crippen molar-refractivity contribution >= 4 is 43.7 Å². The van der Waals surface area contributed by atoms with Gasteiger partial charge in [-0.25, -0.2) is 4.21 Å². The molecule has 0 saturated heterocycles. The first kappa shape index (κ1) is 27.1. The largest absolute Gasteiger partial charge is 0.805 e. The average molecular weight is 554 g/mol. The van der Waals surface area contributed by atoms with Crippen LogP contribution in [0.25, 0.3) is 17.0 Å². The smallest absolute Gasteiger partial charge is 0.152 e. The van der Waals surface area contributed by atoms with E-state index in [1.165, 1.54) is 0 Å². The monoisotopic (exact) mass is 552 g/mol. The summed E-state index contributed by atoms with van der Waals surface area (Å²) in [5, 5.41) is 13.9. The molecular weight excluding hydrogens is 514 g/mol. The minimum Gasteiger partial charge on any atom is -0.805 e. The lowest BCUT2D eigenvalue weighted by Crippen LogP contribution is -2.14. The maximum Gasteiger partial charge on any atom is 0.152 e. The Labute approximate surface area is 215 Å². The van der Waals surface area contributed by atoms with Gasteiger partial charge >= 0.3 is 0 Å². The van der Waals surface area contributed by atoms with E-state index in [0.29, 0.717) is 67.4 Å². The van der Waals surface area contributed by atoms with Crippen LogP contribution >= 0.6 is 15.9 Å². The molecule has 7 heteroatoms. The van der Waals surface area contributed by atoms with E-state index in [1.807, 2.05) is 12.1 Å². The van der Waals surface area contributed by atoms with Gasteiger partial charge in [-0.15, -0.1) is 0 Å². The van der Waals surface area contributed by atoms with Gasteiger partial charge in [-0.3, -0.25) is 0 Å². The fourth-order valence-corrected chi connectivity index (χ4v) is 6.38. The quantitative estimate of drug-likeness (QED) is 0.236. The van der Waals surface area contributed by atoms with Gasteiger partial charge in [0.05, 0.1) is 38.2 Å². The first-order valence-corrected chi connectivity index (χ1v) is 14.8. The Morgan fingerprint density at radius 1 is 1.00 bits per heavy atom. The highest BCUT2D eigenvalue weighted by atomic mass is 79.9. The summed E-state index contributed by atoms with van der Waals surface area (Å²) in [6.07, 6.45) is 10.7. The standard InChI is InChI=1S/C27H39BrNO4S/c1-6-10-12-19(8-3)16-32-25-22-15-23(28)34(31)27(22)26(21-14-18(5)29(30)24(21)25)33-17-20(9-4)13-11-7-2/h14-15,19-20H,6-13,16-17H2,1-5H3/q-1. The molecule has 0 N–H and O–H groups in total. The molecule has 2 heterocycles. The Bertz CT molecular complexity index is 1050. The van der Waals surface area contributed by atoms with Crippen molar-refractivity contribution < 1.29 is 13.7 Å². The maximum atomic E-state index is 13.3. The molecule has 3 atom stereocenters. The van der Waals surface area contributed by atoms with Gasteiger partial charge in [-0.2, -0.15) is 0 Å². The van der Waals surface area contributed by atoms with Crippen LogP contribution in [0.3, 0.4) is 0 Å². The first-order valence-electron chi connectivity index (χ1n) is 12.8. The number of benzene rings is 1. The number of unbranched alkanes of at least 4 members (excludes halogenated alkanes) is 2. The van der Waals surface area contributed by atoms with Crippen molar-refractivity contribution in [2.75, 3.05) is 13.2 Å². The molecule has 0 fully saturated rings. The molecular formula is C27H39BrNO4S-. The Morgan fingerprint density at radius 2 is 1.56 bits per heavy atom. The van der Waals surface area contributed by atoms with Crippen LogP contribution in [-0.2, 0) is 10.8 Å². The summed E-state index contributed by atoms with van der Waals surface area (Å²) in [6, 6.07) is 1.84. The molecule has 3 unspecified atom stereocenters. The van der Waals surface area contributed by atoms with E-state index < -0.39 is 10.8 Å². The highest BCUT2D eigenvalue weighted by Crippen LogP contribution is 2.50. The maximum absolute atomic E-state index is 13.3. The number of halogens is 1. The number of ether oxygens (including phenoxy) is 2. The van der Waals surface area contributed by atoms with Crippen molar-refractivity contribution in [2.45, 2.75) is 90.9 Å². The minimum absolute atomic E-state index is 0.418. The van der Waals surface area contributed by atoms with Crippen LogP contribution in [0.1, 0.15) is 90.3 Å². The van der Waals surface area contributed by atoms with Crippen LogP contribution in [0.2, 0.25) is 0 Å². The van der Waals surface area contributed by atoms with Gasteiger partial charge in [0.2, 0.25) is 0 Å². The van der Waals surface area contributed by atoms with E-state index in [0.717, 1.165) is 56.1 Å². The van der Waals surface area contributed by atoms with Crippen LogP contribution < -0.4 is 9.47 Å². The molecule has 0 aliphatic carbocycles. The zero-order valence-corrected chi connectivity index (χ0v) is 23.6. The van der Waals surface area contributed by atoms with Crippen molar-refractivity contribution in [3.63, 3.8) is 0 Å². The summed E-state index contributed by atoms with van der Waals surface area (Å²) < 4.78 is 27.6. The molecule has 0 radical (unpaired) electrons. The Hall–Kier alpha value is -1.47. The molecule has 1 aliphatic rings. The number of aryl methyl sites for hydroxylation is 1. The fourth-order valence-electron chi connectivity index (χ4n) is 4.55. The molecule has 190 valence electrons. The van der Waals surface area contributed by atoms with Gasteiger partial charge in [-0.1, -0.05) is 66.2 Å². The predicted octanol–water partition coefficient (Wildman–Crippen LogP) is 8.30. The van der Waals surface area contributed by atoms with Gasteiger partial charge in [0, 0.05) is 16.6 Å². The highest BCUT2D eigenvalue weighted by Gasteiger charge is 2.32. The summed E-state index contributed by atoms with van der Waals surface area (Å²) in [4.78, 5) is 0.618. The number of fused-ring (bicyclic) bond motifs is 2. The normalized spacial score (nSPS) is 17.0. The van der Waals surface area contributed by atoms with E-state index in [1.54, 1.807) is 6.92 Å². The van der Waals surface area contributed by atoms with Crippen molar-refractivity contribution in [1.82, 2.24) is 4.73 Å². The van der Waals surface area contributed by atoms with Crippen LogP contribution in [0.4, 0.5) is 0 Å². The van der Waals surface area contributed by atoms with E-state index in [2.05, 4.69) is 43.6 Å². The molecule has 34 heavy (non-hydrogen) atoms. The molecule has 0 amide bonds. The van der Waals surface area contributed by atoms with Crippen molar-refractivity contribution in [1.29, 1.82) is 0 Å². The summed E-state index contributed by atoms with van der Waals surface area (Å²) in [5.41, 5.74) is 1.77. The Balaban J connectivity index is 2.06. The van der Waals surface area contributed by atoms with Gasteiger partial charge in [0.1, 0.15) is 5.75 Å². The topological polar surface area (TPSA) is 63.5 Å². The van der Waals surface area contributed by atoms with Crippen LogP contribution in [-0.4, -0.2) is 22.2 Å². The van der Waals surface area contributed by atoms with Gasteiger partial charge in [0.15, 0.2) is 5.75 Å².